The van der Waals surface area contributed by atoms with Crippen LogP contribution in [0.25, 0.3) is 0 Å². The molecule has 0 aliphatic heterocycles. The van der Waals surface area contributed by atoms with Gasteiger partial charge in [-0.15, -0.1) is 0 Å². The van der Waals surface area contributed by atoms with Gasteiger partial charge in [0.15, 0.2) is 12.4 Å². The molecule has 0 unspecified atom stereocenters. The van der Waals surface area contributed by atoms with Crippen molar-refractivity contribution in [3.05, 3.63) is 39.5 Å². The van der Waals surface area contributed by atoms with Gasteiger partial charge in [-0.25, -0.2) is 0 Å². The van der Waals surface area contributed by atoms with Crippen molar-refractivity contribution in [2.75, 3.05) is 6.54 Å². The maximum Gasteiger partial charge on any atom is 0.264 e. The zero-order valence-electron chi connectivity index (χ0n) is 11.9. The number of halogens is 2. The van der Waals surface area contributed by atoms with Crippen molar-refractivity contribution in [3.63, 3.8) is 0 Å². The molecule has 2 aromatic rings. The molecule has 1 N–H and O–H groups in total. The molecule has 0 saturated carbocycles. The molecule has 0 saturated heterocycles. The van der Waals surface area contributed by atoms with Gasteiger partial charge in [0, 0.05) is 17.1 Å². The van der Waals surface area contributed by atoms with Crippen LogP contribution in [0, 0.1) is 6.92 Å². The highest BCUT2D eigenvalue weighted by atomic mass is 35.5. The monoisotopic (exact) mass is 329 g/mol. The van der Waals surface area contributed by atoms with E-state index < -0.39 is 0 Å². The molecule has 7 heteroatoms. The molecule has 1 heterocycles. The lowest BCUT2D eigenvalue weighted by Gasteiger charge is -2.13. The summed E-state index contributed by atoms with van der Waals surface area (Å²) in [5.41, 5.74) is 0.900. The molecule has 0 amide bonds. The molecule has 0 aliphatic carbocycles. The number of rotatable bonds is 7. The Morgan fingerprint density at radius 3 is 2.81 bits per heavy atom. The van der Waals surface area contributed by atoms with Crippen LogP contribution < -0.4 is 10.1 Å². The second-order valence-corrected chi connectivity index (χ2v) is 5.42. The highest BCUT2D eigenvalue weighted by Gasteiger charge is 2.12. The fourth-order valence-electron chi connectivity index (χ4n) is 1.84. The molecule has 114 valence electrons. The molecule has 0 fully saturated rings. The first kappa shape index (κ1) is 16.1. The van der Waals surface area contributed by atoms with Gasteiger partial charge in [0.2, 0.25) is 0 Å². The zero-order chi connectivity index (χ0) is 15.2. The van der Waals surface area contributed by atoms with Gasteiger partial charge in [0.1, 0.15) is 5.75 Å². The third-order valence-corrected chi connectivity index (χ3v) is 3.24. The number of aromatic nitrogens is 2. The second kappa shape index (κ2) is 7.64. The third-order valence-electron chi connectivity index (χ3n) is 2.74. The molecule has 21 heavy (non-hydrogen) atoms. The molecule has 0 radical (unpaired) electrons. The van der Waals surface area contributed by atoms with Crippen molar-refractivity contribution in [1.82, 2.24) is 15.5 Å². The van der Waals surface area contributed by atoms with E-state index in [1.54, 1.807) is 13.0 Å². The number of hydrogen-bond donors (Lipinski definition) is 1. The summed E-state index contributed by atoms with van der Waals surface area (Å²) < 4.78 is 10.7. The van der Waals surface area contributed by atoms with E-state index in [4.69, 9.17) is 32.5 Å². The fourth-order valence-corrected chi connectivity index (χ4v) is 2.43. The maximum absolute atomic E-state index is 6.22. The van der Waals surface area contributed by atoms with Crippen LogP contribution in [0.4, 0.5) is 0 Å². The van der Waals surface area contributed by atoms with Crippen LogP contribution in [-0.2, 0) is 13.2 Å². The summed E-state index contributed by atoms with van der Waals surface area (Å²) in [4.78, 5) is 4.09. The quantitative estimate of drug-likeness (QED) is 0.783. The van der Waals surface area contributed by atoms with Gasteiger partial charge >= 0.3 is 0 Å². The Balaban J connectivity index is 2.12. The van der Waals surface area contributed by atoms with Crippen molar-refractivity contribution in [2.45, 2.75) is 33.4 Å². The summed E-state index contributed by atoms with van der Waals surface area (Å²) in [6, 6.07) is 3.49. The van der Waals surface area contributed by atoms with Crippen molar-refractivity contribution in [3.8, 4) is 5.75 Å². The summed E-state index contributed by atoms with van der Waals surface area (Å²) in [5.74, 6) is 1.56. The summed E-state index contributed by atoms with van der Waals surface area (Å²) in [5, 5.41) is 8.06. The largest absolute Gasteiger partial charge is 0.482 e. The van der Waals surface area contributed by atoms with E-state index in [9.17, 15) is 0 Å². The van der Waals surface area contributed by atoms with E-state index in [1.165, 1.54) is 0 Å². The number of benzene rings is 1. The first-order chi connectivity index (χ1) is 10.1. The predicted octanol–water partition coefficient (Wildman–Crippen LogP) is 3.76. The second-order valence-electron chi connectivity index (χ2n) is 4.58. The topological polar surface area (TPSA) is 60.2 Å². The smallest absolute Gasteiger partial charge is 0.264 e. The molecule has 0 atom stereocenters. The van der Waals surface area contributed by atoms with Gasteiger partial charge in [-0.2, -0.15) is 4.98 Å². The van der Waals surface area contributed by atoms with Gasteiger partial charge in [-0.1, -0.05) is 35.3 Å². The van der Waals surface area contributed by atoms with Crippen LogP contribution in [0.15, 0.2) is 16.7 Å². The summed E-state index contributed by atoms with van der Waals surface area (Å²) in [6.45, 7) is 5.57. The molecule has 5 nitrogen and oxygen atoms in total. The van der Waals surface area contributed by atoms with Gasteiger partial charge < -0.3 is 14.6 Å². The summed E-state index contributed by atoms with van der Waals surface area (Å²) >= 11 is 12.3. The molecule has 1 aromatic heterocycles. The predicted molar refractivity (Wildman–Crippen MR) is 81.8 cm³/mol. The van der Waals surface area contributed by atoms with E-state index in [0.29, 0.717) is 34.1 Å². The normalized spacial score (nSPS) is 10.9. The maximum atomic E-state index is 6.22. The Labute approximate surface area is 133 Å². The van der Waals surface area contributed by atoms with E-state index in [-0.39, 0.29) is 6.61 Å². The minimum atomic E-state index is 0.170. The number of nitrogens with one attached hydrogen (secondary N) is 1. The Morgan fingerprint density at radius 1 is 1.33 bits per heavy atom. The lowest BCUT2D eigenvalue weighted by molar-refractivity contribution is 0.240. The number of nitrogens with zero attached hydrogens (tertiary/aromatic N) is 2. The zero-order valence-corrected chi connectivity index (χ0v) is 13.5. The number of hydrogen-bond acceptors (Lipinski definition) is 5. The van der Waals surface area contributed by atoms with E-state index in [0.717, 1.165) is 18.5 Å². The van der Waals surface area contributed by atoms with Crippen LogP contribution in [-0.4, -0.2) is 16.7 Å². The SMILES string of the molecule is CCCNCc1cc(Cl)cc(Cl)c1OCc1nc(C)no1. The highest BCUT2D eigenvalue weighted by Crippen LogP contribution is 2.33. The average Bonchev–Trinajstić information content (AvgIpc) is 2.83. The molecule has 0 bridgehead atoms. The Hall–Kier alpha value is -1.30. The van der Waals surface area contributed by atoms with Crippen LogP contribution in [0.1, 0.15) is 30.6 Å². The van der Waals surface area contributed by atoms with Crippen LogP contribution in [0.2, 0.25) is 10.0 Å². The standard InChI is InChI=1S/C14H17Cl2N3O2/c1-3-4-17-7-10-5-11(15)6-12(16)14(10)20-8-13-18-9(2)19-21-13/h5-6,17H,3-4,7-8H2,1-2H3. The number of aryl methyl sites for hydroxylation is 1. The van der Waals surface area contributed by atoms with Gasteiger partial charge in [0.25, 0.3) is 5.89 Å². The summed E-state index contributed by atoms with van der Waals surface area (Å²) in [7, 11) is 0. The van der Waals surface area contributed by atoms with Crippen molar-refractivity contribution in [1.29, 1.82) is 0 Å². The number of ether oxygens (including phenoxy) is 1. The van der Waals surface area contributed by atoms with Crippen LogP contribution in [0.3, 0.4) is 0 Å². The van der Waals surface area contributed by atoms with E-state index in [2.05, 4.69) is 22.4 Å². The molecule has 2 rings (SSSR count). The van der Waals surface area contributed by atoms with Gasteiger partial charge in [-0.3, -0.25) is 0 Å². The molecule has 0 aliphatic rings. The third kappa shape index (κ3) is 4.59. The first-order valence-electron chi connectivity index (χ1n) is 6.70. The minimum absolute atomic E-state index is 0.170. The minimum Gasteiger partial charge on any atom is -0.482 e. The molecular formula is C14H17Cl2N3O2. The van der Waals surface area contributed by atoms with Gasteiger partial charge in [0.05, 0.1) is 5.02 Å². The Bertz CT molecular complexity index is 602. The molecule has 1 aromatic carbocycles. The highest BCUT2D eigenvalue weighted by molar-refractivity contribution is 6.35. The van der Waals surface area contributed by atoms with Crippen LogP contribution in [0.5, 0.6) is 5.75 Å². The van der Waals surface area contributed by atoms with E-state index >= 15 is 0 Å². The lowest BCUT2D eigenvalue weighted by atomic mass is 10.2. The lowest BCUT2D eigenvalue weighted by Crippen LogP contribution is -2.15. The molecule has 0 spiro atoms. The van der Waals surface area contributed by atoms with Crippen molar-refractivity contribution in [2.24, 2.45) is 0 Å². The average molecular weight is 330 g/mol. The molecular weight excluding hydrogens is 313 g/mol. The van der Waals surface area contributed by atoms with Gasteiger partial charge in [-0.05, 0) is 32.0 Å². The fraction of sp³-hybridized carbons (Fsp3) is 0.429. The Kier molecular flexibility index (Phi) is 5.85. The van der Waals surface area contributed by atoms with Crippen molar-refractivity contribution >= 4 is 23.2 Å². The van der Waals surface area contributed by atoms with Crippen molar-refractivity contribution < 1.29 is 9.26 Å². The Morgan fingerprint density at radius 2 is 2.14 bits per heavy atom. The summed E-state index contributed by atoms with van der Waals surface area (Å²) in [6.07, 6.45) is 1.05. The van der Waals surface area contributed by atoms with Crippen LogP contribution >= 0.6 is 23.2 Å². The van der Waals surface area contributed by atoms with E-state index in [1.807, 2.05) is 6.07 Å². The first-order valence-corrected chi connectivity index (χ1v) is 7.46.